The Hall–Kier alpha value is -1.14. The van der Waals surface area contributed by atoms with Crippen molar-refractivity contribution in [3.63, 3.8) is 0 Å². The molecule has 1 heterocycles. The summed E-state index contributed by atoms with van der Waals surface area (Å²) >= 11 is 11.4. The largest absolute Gasteiger partial charge is 0.368 e. The van der Waals surface area contributed by atoms with Crippen molar-refractivity contribution in [2.45, 2.75) is 19.4 Å². The van der Waals surface area contributed by atoms with E-state index in [1.807, 2.05) is 6.92 Å². The van der Waals surface area contributed by atoms with Crippen LogP contribution in [-0.2, 0) is 4.79 Å². The lowest BCUT2D eigenvalue weighted by molar-refractivity contribution is -0.119. The molecule has 0 aliphatic carbocycles. The Morgan fingerprint density at radius 2 is 2.12 bits per heavy atom. The molecule has 2 N–H and O–H groups in total. The van der Waals surface area contributed by atoms with Crippen LogP contribution in [0.4, 0.5) is 5.82 Å². The average Bonchev–Trinajstić information content (AvgIpc) is 2.17. The van der Waals surface area contributed by atoms with Crippen molar-refractivity contribution in [2.24, 2.45) is 5.73 Å². The first kappa shape index (κ1) is 12.9. The molecule has 0 aliphatic rings. The molecular weight excluding hydrogens is 253 g/mol. The minimum Gasteiger partial charge on any atom is -0.368 e. The predicted octanol–water partition coefficient (Wildman–Crippen LogP) is 0.878. The number of rotatable bonds is 4. The molecule has 0 spiro atoms. The number of hydrogen-bond donors (Lipinski definition) is 1. The van der Waals surface area contributed by atoms with Crippen molar-refractivity contribution >= 4 is 34.9 Å². The van der Waals surface area contributed by atoms with Crippen LogP contribution in [0.25, 0.3) is 0 Å². The highest BCUT2D eigenvalue weighted by molar-refractivity contribution is 6.33. The highest BCUT2D eigenvalue weighted by atomic mass is 35.5. The summed E-state index contributed by atoms with van der Waals surface area (Å²) in [6, 6.07) is -0.505. The first-order valence-corrected chi connectivity index (χ1v) is 5.30. The smallest absolute Gasteiger partial charge is 0.244 e. The number of amides is 1. The monoisotopic (exact) mass is 263 g/mol. The molecule has 0 saturated heterocycles. The summed E-state index contributed by atoms with van der Waals surface area (Å²) in [5.41, 5.74) is 5.25. The molecular formula is C8H11Cl2N5O. The molecule has 1 rings (SSSR count). The predicted molar refractivity (Wildman–Crippen MR) is 61.5 cm³/mol. The Morgan fingerprint density at radius 1 is 1.50 bits per heavy atom. The maximum absolute atomic E-state index is 11.2. The molecule has 0 aliphatic heterocycles. The molecule has 6 nitrogen and oxygen atoms in total. The zero-order valence-corrected chi connectivity index (χ0v) is 10.3. The van der Waals surface area contributed by atoms with E-state index in [0.717, 1.165) is 0 Å². The second-order valence-corrected chi connectivity index (χ2v) is 3.83. The van der Waals surface area contributed by atoms with Gasteiger partial charge in [0.1, 0.15) is 6.04 Å². The molecule has 0 radical (unpaired) electrons. The number of nitrogens with zero attached hydrogens (tertiary/aromatic N) is 4. The number of anilines is 1. The molecule has 1 aromatic heterocycles. The first-order chi connectivity index (χ1) is 7.47. The number of carbonyl (C=O) groups is 1. The van der Waals surface area contributed by atoms with Gasteiger partial charge in [-0.05, 0) is 18.0 Å². The average molecular weight is 264 g/mol. The molecule has 0 fully saturated rings. The van der Waals surface area contributed by atoms with E-state index in [2.05, 4.69) is 15.2 Å². The van der Waals surface area contributed by atoms with Gasteiger partial charge in [0.05, 0.1) is 0 Å². The van der Waals surface area contributed by atoms with E-state index in [-0.39, 0.29) is 16.3 Å². The summed E-state index contributed by atoms with van der Waals surface area (Å²) in [4.78, 5) is 16.4. The maximum atomic E-state index is 11.2. The summed E-state index contributed by atoms with van der Waals surface area (Å²) in [6.45, 7) is 1.83. The molecule has 0 bridgehead atoms. The van der Waals surface area contributed by atoms with Crippen LogP contribution < -0.4 is 10.6 Å². The van der Waals surface area contributed by atoms with E-state index in [9.17, 15) is 4.79 Å². The van der Waals surface area contributed by atoms with Crippen molar-refractivity contribution in [3.05, 3.63) is 10.4 Å². The fourth-order valence-corrected chi connectivity index (χ4v) is 1.73. The summed E-state index contributed by atoms with van der Waals surface area (Å²) in [6.07, 6.45) is 0.534. The van der Waals surface area contributed by atoms with E-state index in [0.29, 0.717) is 6.42 Å². The van der Waals surface area contributed by atoms with Crippen LogP contribution >= 0.6 is 23.2 Å². The molecule has 1 unspecified atom stereocenters. The standard InChI is InChI=1S/C8H11Cl2N5O/c1-3-4(6(11)16)15(2)7-5(9)12-8(10)14-13-7/h4H,3H2,1-2H3,(H2,11,16). The number of halogens is 2. The molecule has 0 aromatic carbocycles. The van der Waals surface area contributed by atoms with Gasteiger partial charge >= 0.3 is 0 Å². The van der Waals surface area contributed by atoms with Crippen LogP contribution in [0.5, 0.6) is 0 Å². The number of nitrogens with two attached hydrogens (primary N) is 1. The van der Waals surface area contributed by atoms with Gasteiger partial charge in [-0.3, -0.25) is 4.79 Å². The third-order valence-corrected chi connectivity index (χ3v) is 2.53. The number of likely N-dealkylation sites (N-methyl/N-ethyl adjacent to an activating group) is 1. The lowest BCUT2D eigenvalue weighted by atomic mass is 10.2. The highest BCUT2D eigenvalue weighted by Gasteiger charge is 2.22. The van der Waals surface area contributed by atoms with Gasteiger partial charge < -0.3 is 10.6 Å². The molecule has 8 heteroatoms. The molecule has 1 aromatic rings. The number of primary amides is 1. The van der Waals surface area contributed by atoms with Crippen molar-refractivity contribution in [1.82, 2.24) is 15.2 Å². The van der Waals surface area contributed by atoms with Crippen LogP contribution in [0.3, 0.4) is 0 Å². The number of carbonyl (C=O) groups excluding carboxylic acids is 1. The third-order valence-electron chi connectivity index (χ3n) is 2.12. The molecule has 0 saturated carbocycles. The van der Waals surface area contributed by atoms with Crippen LogP contribution in [0.15, 0.2) is 0 Å². The van der Waals surface area contributed by atoms with Crippen LogP contribution in [0.1, 0.15) is 13.3 Å². The molecule has 16 heavy (non-hydrogen) atoms. The summed E-state index contributed by atoms with van der Waals surface area (Å²) < 4.78 is 0. The summed E-state index contributed by atoms with van der Waals surface area (Å²) in [5.74, 6) is -0.186. The lowest BCUT2D eigenvalue weighted by Crippen LogP contribution is -2.42. The van der Waals surface area contributed by atoms with E-state index >= 15 is 0 Å². The zero-order chi connectivity index (χ0) is 12.3. The van der Waals surface area contributed by atoms with Crippen molar-refractivity contribution in [3.8, 4) is 0 Å². The van der Waals surface area contributed by atoms with Gasteiger partial charge in [0.25, 0.3) is 0 Å². The Balaban J connectivity index is 3.03. The zero-order valence-electron chi connectivity index (χ0n) is 8.81. The minimum atomic E-state index is -0.505. The molecule has 88 valence electrons. The Bertz CT molecular complexity index is 400. The molecule has 1 atom stereocenters. The van der Waals surface area contributed by atoms with Gasteiger partial charge in [-0.1, -0.05) is 18.5 Å². The van der Waals surface area contributed by atoms with Crippen molar-refractivity contribution in [2.75, 3.05) is 11.9 Å². The van der Waals surface area contributed by atoms with Gasteiger partial charge in [0.2, 0.25) is 11.2 Å². The molecule has 1 amide bonds. The van der Waals surface area contributed by atoms with Crippen molar-refractivity contribution in [1.29, 1.82) is 0 Å². The van der Waals surface area contributed by atoms with Gasteiger partial charge in [-0.25, -0.2) is 4.98 Å². The highest BCUT2D eigenvalue weighted by Crippen LogP contribution is 2.22. The number of aromatic nitrogens is 3. The Morgan fingerprint density at radius 3 is 2.56 bits per heavy atom. The first-order valence-electron chi connectivity index (χ1n) is 4.55. The second kappa shape index (κ2) is 5.27. The van der Waals surface area contributed by atoms with Gasteiger partial charge in [0.15, 0.2) is 11.0 Å². The van der Waals surface area contributed by atoms with Crippen LogP contribution in [0, 0.1) is 0 Å². The second-order valence-electron chi connectivity index (χ2n) is 3.13. The quantitative estimate of drug-likeness (QED) is 0.872. The van der Waals surface area contributed by atoms with E-state index in [1.54, 1.807) is 7.05 Å². The van der Waals surface area contributed by atoms with Gasteiger partial charge in [-0.15, -0.1) is 10.2 Å². The summed E-state index contributed by atoms with van der Waals surface area (Å²) in [7, 11) is 1.64. The fourth-order valence-electron chi connectivity index (χ4n) is 1.31. The Labute approximate surface area is 103 Å². The van der Waals surface area contributed by atoms with Gasteiger partial charge in [0, 0.05) is 7.05 Å². The fraction of sp³-hybridized carbons (Fsp3) is 0.500. The van der Waals surface area contributed by atoms with E-state index < -0.39 is 11.9 Å². The van der Waals surface area contributed by atoms with E-state index in [4.69, 9.17) is 28.9 Å². The lowest BCUT2D eigenvalue weighted by Gasteiger charge is -2.25. The van der Waals surface area contributed by atoms with Crippen molar-refractivity contribution < 1.29 is 4.79 Å². The third kappa shape index (κ3) is 2.70. The maximum Gasteiger partial charge on any atom is 0.244 e. The van der Waals surface area contributed by atoms with E-state index in [1.165, 1.54) is 4.90 Å². The van der Waals surface area contributed by atoms with Crippen LogP contribution in [-0.4, -0.2) is 34.2 Å². The SMILES string of the molecule is CCC(C(N)=O)N(C)c1nnc(Cl)nc1Cl. The summed E-state index contributed by atoms with van der Waals surface area (Å²) in [5, 5.41) is 7.37. The van der Waals surface area contributed by atoms with Crippen LogP contribution in [0.2, 0.25) is 10.4 Å². The number of hydrogen-bond acceptors (Lipinski definition) is 5. The minimum absolute atomic E-state index is 0.0470. The normalized spacial score (nSPS) is 12.2. The van der Waals surface area contributed by atoms with Gasteiger partial charge in [-0.2, -0.15) is 0 Å². The Kier molecular flexibility index (Phi) is 4.26. The topological polar surface area (TPSA) is 85.0 Å².